The normalized spacial score (nSPS) is 11.2. The van der Waals surface area contributed by atoms with Gasteiger partial charge in [0.05, 0.1) is 18.8 Å². The van der Waals surface area contributed by atoms with Crippen LogP contribution < -0.4 is 9.88 Å². The number of fused-ring (bicyclic) bond motifs is 1. The predicted molar refractivity (Wildman–Crippen MR) is 94.4 cm³/mol. The second-order valence-corrected chi connectivity index (χ2v) is 7.00. The van der Waals surface area contributed by atoms with Crippen molar-refractivity contribution in [2.24, 2.45) is 5.14 Å². The van der Waals surface area contributed by atoms with E-state index in [2.05, 4.69) is 21.8 Å². The van der Waals surface area contributed by atoms with Crippen LogP contribution in [0.2, 0.25) is 5.02 Å². The second-order valence-electron chi connectivity index (χ2n) is 5.04. The number of rotatable bonds is 3. The number of aromatic nitrogens is 3. The number of nitrogens with zero attached hydrogens (tertiary/aromatic N) is 3. The number of methoxy groups -OCH3 is 1. The molecule has 0 fully saturated rings. The van der Waals surface area contributed by atoms with Crippen molar-refractivity contribution in [2.45, 2.75) is 11.8 Å². The van der Waals surface area contributed by atoms with Gasteiger partial charge in [0.1, 0.15) is 10.5 Å². The molecule has 3 aromatic rings. The maximum atomic E-state index is 11.9. The number of halogens is 1. The summed E-state index contributed by atoms with van der Waals surface area (Å²) < 4.78 is 30.5. The highest BCUT2D eigenvalue weighted by atomic mass is 35.5. The molecule has 2 N–H and O–H groups in total. The summed E-state index contributed by atoms with van der Waals surface area (Å²) in [6.45, 7) is 1.69. The Labute approximate surface area is 149 Å². The van der Waals surface area contributed by atoms with Gasteiger partial charge < -0.3 is 4.74 Å². The Balaban J connectivity index is 2.32. The Morgan fingerprint density at radius 3 is 2.76 bits per heavy atom. The molecule has 9 heteroatoms. The quantitative estimate of drug-likeness (QED) is 0.705. The molecular weight excluding hydrogens is 364 g/mol. The van der Waals surface area contributed by atoms with Crippen LogP contribution in [-0.2, 0) is 10.0 Å². The fourth-order valence-corrected chi connectivity index (χ4v) is 3.31. The lowest BCUT2D eigenvalue weighted by Crippen LogP contribution is -2.11. The van der Waals surface area contributed by atoms with E-state index in [9.17, 15) is 8.42 Å². The van der Waals surface area contributed by atoms with E-state index in [1.807, 2.05) is 0 Å². The van der Waals surface area contributed by atoms with Gasteiger partial charge in [0.25, 0.3) is 0 Å². The third kappa shape index (κ3) is 3.17. The Morgan fingerprint density at radius 1 is 1.36 bits per heavy atom. The molecule has 128 valence electrons. The van der Waals surface area contributed by atoms with E-state index in [-0.39, 0.29) is 16.7 Å². The topological polar surface area (TPSA) is 100 Å². The van der Waals surface area contributed by atoms with Gasteiger partial charge >= 0.3 is 0 Å². The van der Waals surface area contributed by atoms with Crippen LogP contribution in [0.15, 0.2) is 35.5 Å². The number of ether oxygens (including phenoxy) is 1. The van der Waals surface area contributed by atoms with Crippen molar-refractivity contribution in [2.75, 3.05) is 7.11 Å². The van der Waals surface area contributed by atoms with Crippen LogP contribution in [0, 0.1) is 11.8 Å². The van der Waals surface area contributed by atoms with Crippen molar-refractivity contribution in [3.05, 3.63) is 41.2 Å². The largest absolute Gasteiger partial charge is 0.480 e. The van der Waals surface area contributed by atoms with E-state index >= 15 is 0 Å². The molecule has 0 amide bonds. The van der Waals surface area contributed by atoms with E-state index in [1.54, 1.807) is 25.1 Å². The predicted octanol–water partition coefficient (Wildman–Crippen LogP) is 2.10. The lowest BCUT2D eigenvalue weighted by molar-refractivity contribution is 0.395. The van der Waals surface area contributed by atoms with Gasteiger partial charge in [0.2, 0.25) is 21.9 Å². The highest BCUT2D eigenvalue weighted by Crippen LogP contribution is 2.29. The van der Waals surface area contributed by atoms with Crippen LogP contribution in [0.3, 0.4) is 0 Å². The zero-order chi connectivity index (χ0) is 18.2. The Kier molecular flexibility index (Phi) is 4.39. The first-order chi connectivity index (χ1) is 11.8. The maximum absolute atomic E-state index is 11.9. The van der Waals surface area contributed by atoms with Gasteiger partial charge in [0, 0.05) is 16.6 Å². The number of benzene rings is 1. The van der Waals surface area contributed by atoms with Crippen LogP contribution in [0.4, 0.5) is 0 Å². The number of hydrogen-bond donors (Lipinski definition) is 1. The molecular formula is C16H13ClN4O3S. The molecule has 0 aliphatic heterocycles. The lowest BCUT2D eigenvalue weighted by Gasteiger charge is -2.07. The summed E-state index contributed by atoms with van der Waals surface area (Å²) in [6, 6.07) is 4.79. The van der Waals surface area contributed by atoms with Crippen LogP contribution in [0.5, 0.6) is 5.88 Å². The first-order valence-electron chi connectivity index (χ1n) is 7.02. The van der Waals surface area contributed by atoms with Crippen molar-refractivity contribution in [3.63, 3.8) is 0 Å². The summed E-state index contributed by atoms with van der Waals surface area (Å²) in [5, 5.41) is 6.18. The summed E-state index contributed by atoms with van der Waals surface area (Å²) in [7, 11) is -2.47. The zero-order valence-electron chi connectivity index (χ0n) is 13.3. The molecule has 25 heavy (non-hydrogen) atoms. The molecule has 0 saturated carbocycles. The van der Waals surface area contributed by atoms with Gasteiger partial charge in [-0.05, 0) is 25.1 Å². The minimum Gasteiger partial charge on any atom is -0.480 e. The molecule has 0 aliphatic carbocycles. The minimum absolute atomic E-state index is 0.0424. The molecule has 0 unspecified atom stereocenters. The van der Waals surface area contributed by atoms with E-state index in [4.69, 9.17) is 21.5 Å². The molecule has 0 atom stereocenters. The van der Waals surface area contributed by atoms with Crippen LogP contribution in [0.1, 0.15) is 12.5 Å². The first kappa shape index (κ1) is 17.2. The molecule has 0 aliphatic rings. The summed E-state index contributed by atoms with van der Waals surface area (Å²) >= 11 is 6.05. The fraction of sp³-hybridized carbons (Fsp3) is 0.125. The van der Waals surface area contributed by atoms with Crippen LogP contribution in [-0.4, -0.2) is 30.1 Å². The monoisotopic (exact) mass is 376 g/mol. The standard InChI is InChI=1S/C16H13ClN4O3S/c1-3-4-10-8-19-16(20-15(10)24-2)21-9-14(25(18,22)23)12-6-5-11(17)7-13(12)21/h5-9H,1-2H3,(H2,18,22,23). The Hall–Kier alpha value is -2.60. The number of primary sulfonamides is 1. The summed E-state index contributed by atoms with van der Waals surface area (Å²) in [5.74, 6) is 6.07. The fourth-order valence-electron chi connectivity index (χ4n) is 2.41. The highest BCUT2D eigenvalue weighted by Gasteiger charge is 2.20. The van der Waals surface area contributed by atoms with E-state index in [0.717, 1.165) is 0 Å². The zero-order valence-corrected chi connectivity index (χ0v) is 14.9. The molecule has 2 aromatic heterocycles. The van der Waals surface area contributed by atoms with Crippen LogP contribution >= 0.6 is 11.6 Å². The molecule has 7 nitrogen and oxygen atoms in total. The first-order valence-corrected chi connectivity index (χ1v) is 8.95. The minimum atomic E-state index is -3.93. The molecule has 0 bridgehead atoms. The third-order valence-electron chi connectivity index (χ3n) is 3.45. The van der Waals surface area contributed by atoms with Gasteiger partial charge in [-0.15, -0.1) is 5.92 Å². The van der Waals surface area contributed by atoms with Crippen molar-refractivity contribution >= 4 is 32.5 Å². The van der Waals surface area contributed by atoms with Crippen molar-refractivity contribution in [1.82, 2.24) is 14.5 Å². The maximum Gasteiger partial charge on any atom is 0.240 e. The smallest absolute Gasteiger partial charge is 0.240 e. The van der Waals surface area contributed by atoms with Crippen LogP contribution in [0.25, 0.3) is 16.9 Å². The lowest BCUT2D eigenvalue weighted by atomic mass is 10.2. The van der Waals surface area contributed by atoms with Gasteiger partial charge in [-0.1, -0.05) is 17.5 Å². The number of nitrogens with two attached hydrogens (primary N) is 1. The molecule has 0 radical (unpaired) electrons. The van der Waals surface area contributed by atoms with E-state index in [1.165, 1.54) is 24.1 Å². The average Bonchev–Trinajstić information content (AvgIpc) is 2.94. The van der Waals surface area contributed by atoms with Gasteiger partial charge in [0.15, 0.2) is 0 Å². The van der Waals surface area contributed by atoms with E-state index in [0.29, 0.717) is 21.5 Å². The molecule has 1 aromatic carbocycles. The Morgan fingerprint density at radius 2 is 2.12 bits per heavy atom. The van der Waals surface area contributed by atoms with Crippen molar-refractivity contribution in [1.29, 1.82) is 0 Å². The molecule has 0 saturated heterocycles. The van der Waals surface area contributed by atoms with Gasteiger partial charge in [-0.25, -0.2) is 18.5 Å². The van der Waals surface area contributed by atoms with Crippen molar-refractivity contribution in [3.8, 4) is 23.7 Å². The number of sulfonamides is 1. The summed E-state index contributed by atoms with van der Waals surface area (Å²) in [4.78, 5) is 8.50. The summed E-state index contributed by atoms with van der Waals surface area (Å²) in [5.41, 5.74) is 1.03. The van der Waals surface area contributed by atoms with E-state index < -0.39 is 10.0 Å². The Bertz CT molecular complexity index is 1140. The molecule has 0 spiro atoms. The summed E-state index contributed by atoms with van der Waals surface area (Å²) in [6.07, 6.45) is 2.86. The average molecular weight is 377 g/mol. The third-order valence-corrected chi connectivity index (χ3v) is 4.62. The SMILES string of the molecule is CC#Cc1cnc(-n2cc(S(N)(=O)=O)c3ccc(Cl)cc32)nc1OC. The van der Waals surface area contributed by atoms with Crippen molar-refractivity contribution < 1.29 is 13.2 Å². The second kappa shape index (κ2) is 6.37. The number of hydrogen-bond acceptors (Lipinski definition) is 5. The van der Waals surface area contributed by atoms with Gasteiger partial charge in [-0.3, -0.25) is 4.57 Å². The molecule has 2 heterocycles. The molecule has 3 rings (SSSR count). The highest BCUT2D eigenvalue weighted by molar-refractivity contribution is 7.89. The van der Waals surface area contributed by atoms with Gasteiger partial charge in [-0.2, -0.15) is 4.98 Å².